The van der Waals surface area contributed by atoms with Crippen LogP contribution in [0.3, 0.4) is 0 Å². The number of carbonyl (C=O) groups excluding carboxylic acids is 1. The fraction of sp³-hybridized carbons (Fsp3) is 0.500. The third-order valence-electron chi connectivity index (χ3n) is 3.26. The van der Waals surface area contributed by atoms with Crippen LogP contribution in [-0.2, 0) is 9.53 Å². The second kappa shape index (κ2) is 7.48. The molecule has 1 amide bonds. The highest BCUT2D eigenvalue weighted by Crippen LogP contribution is 2.13. The third kappa shape index (κ3) is 5.19. The number of benzene rings is 1. The lowest BCUT2D eigenvalue weighted by molar-refractivity contribution is -0.908. The van der Waals surface area contributed by atoms with Crippen molar-refractivity contribution in [1.82, 2.24) is 0 Å². The van der Waals surface area contributed by atoms with Gasteiger partial charge in [-0.05, 0) is 24.3 Å². The SMILES string of the molecule is O=C(CCC[NH+]1CCOCC1)Nc1ccc(Cl)cc1. The molecule has 104 valence electrons. The van der Waals surface area contributed by atoms with Crippen molar-refractivity contribution in [3.63, 3.8) is 0 Å². The first kappa shape index (κ1) is 14.3. The van der Waals surface area contributed by atoms with E-state index in [4.69, 9.17) is 16.3 Å². The number of rotatable bonds is 5. The summed E-state index contributed by atoms with van der Waals surface area (Å²) in [7, 11) is 0. The Morgan fingerprint density at radius 1 is 1.26 bits per heavy atom. The van der Waals surface area contributed by atoms with Gasteiger partial charge in [-0.3, -0.25) is 4.79 Å². The fourth-order valence-electron chi connectivity index (χ4n) is 2.17. The molecule has 2 rings (SSSR count). The Kier molecular flexibility index (Phi) is 5.63. The molecule has 1 heterocycles. The predicted molar refractivity (Wildman–Crippen MR) is 75.7 cm³/mol. The van der Waals surface area contributed by atoms with Crippen molar-refractivity contribution >= 4 is 23.2 Å². The molecule has 0 unspecified atom stereocenters. The van der Waals surface area contributed by atoms with E-state index in [-0.39, 0.29) is 5.91 Å². The van der Waals surface area contributed by atoms with Crippen LogP contribution >= 0.6 is 11.6 Å². The van der Waals surface area contributed by atoms with E-state index in [1.54, 1.807) is 12.1 Å². The van der Waals surface area contributed by atoms with Crippen LogP contribution in [0.5, 0.6) is 0 Å². The van der Waals surface area contributed by atoms with Gasteiger partial charge in [0.2, 0.25) is 5.91 Å². The molecule has 0 radical (unpaired) electrons. The summed E-state index contributed by atoms with van der Waals surface area (Å²) < 4.78 is 5.30. The summed E-state index contributed by atoms with van der Waals surface area (Å²) in [5.74, 6) is 0.0648. The molecule has 1 aromatic rings. The van der Waals surface area contributed by atoms with Gasteiger partial charge in [-0.2, -0.15) is 0 Å². The van der Waals surface area contributed by atoms with Gasteiger partial charge in [-0.15, -0.1) is 0 Å². The molecule has 1 saturated heterocycles. The highest BCUT2D eigenvalue weighted by molar-refractivity contribution is 6.30. The molecular formula is C14H20ClN2O2+. The molecule has 1 fully saturated rings. The van der Waals surface area contributed by atoms with Gasteiger partial charge in [0, 0.05) is 23.6 Å². The van der Waals surface area contributed by atoms with Crippen LogP contribution in [0.15, 0.2) is 24.3 Å². The highest BCUT2D eigenvalue weighted by Gasteiger charge is 2.13. The molecular weight excluding hydrogens is 264 g/mol. The van der Waals surface area contributed by atoms with Crippen LogP contribution in [0.4, 0.5) is 5.69 Å². The standard InChI is InChI=1S/C14H19ClN2O2/c15-12-3-5-13(6-4-12)16-14(18)2-1-7-17-8-10-19-11-9-17/h3-6H,1-2,7-11H2,(H,16,18)/p+1. The maximum atomic E-state index is 11.8. The Morgan fingerprint density at radius 3 is 2.63 bits per heavy atom. The Labute approximate surface area is 118 Å². The summed E-state index contributed by atoms with van der Waals surface area (Å²) in [4.78, 5) is 13.3. The van der Waals surface area contributed by atoms with Crippen molar-refractivity contribution in [1.29, 1.82) is 0 Å². The number of ether oxygens (including phenoxy) is 1. The molecule has 0 bridgehead atoms. The van der Waals surface area contributed by atoms with Crippen LogP contribution in [0.2, 0.25) is 5.02 Å². The predicted octanol–water partition coefficient (Wildman–Crippen LogP) is 0.974. The van der Waals surface area contributed by atoms with E-state index in [0.717, 1.165) is 45.0 Å². The molecule has 0 atom stereocenters. The first-order chi connectivity index (χ1) is 9.24. The second-order valence-corrected chi connectivity index (χ2v) is 5.21. The van der Waals surface area contributed by atoms with E-state index in [1.807, 2.05) is 12.1 Å². The molecule has 5 heteroatoms. The van der Waals surface area contributed by atoms with Crippen LogP contribution in [0.25, 0.3) is 0 Å². The molecule has 1 aromatic carbocycles. The van der Waals surface area contributed by atoms with Crippen molar-refractivity contribution < 1.29 is 14.4 Å². The average Bonchev–Trinajstić information content (AvgIpc) is 2.43. The lowest BCUT2D eigenvalue weighted by Crippen LogP contribution is -3.14. The molecule has 4 nitrogen and oxygen atoms in total. The molecule has 0 saturated carbocycles. The second-order valence-electron chi connectivity index (χ2n) is 4.77. The number of carbonyl (C=O) groups is 1. The summed E-state index contributed by atoms with van der Waals surface area (Å²) >= 11 is 5.79. The van der Waals surface area contributed by atoms with Gasteiger partial charge in [0.15, 0.2) is 0 Å². The van der Waals surface area contributed by atoms with E-state index in [2.05, 4.69) is 5.32 Å². The first-order valence-electron chi connectivity index (χ1n) is 6.71. The number of halogens is 1. The van der Waals surface area contributed by atoms with Crippen molar-refractivity contribution in [2.45, 2.75) is 12.8 Å². The minimum absolute atomic E-state index is 0.0648. The van der Waals surface area contributed by atoms with Gasteiger partial charge in [0.05, 0.1) is 19.8 Å². The lowest BCUT2D eigenvalue weighted by atomic mass is 10.2. The highest BCUT2D eigenvalue weighted by atomic mass is 35.5. The molecule has 1 aliphatic rings. The first-order valence-corrected chi connectivity index (χ1v) is 7.08. The topological polar surface area (TPSA) is 42.8 Å². The van der Waals surface area contributed by atoms with E-state index in [9.17, 15) is 4.79 Å². The zero-order chi connectivity index (χ0) is 13.5. The van der Waals surface area contributed by atoms with Gasteiger partial charge in [-0.25, -0.2) is 0 Å². The van der Waals surface area contributed by atoms with Crippen molar-refractivity contribution in [3.05, 3.63) is 29.3 Å². The minimum atomic E-state index is 0.0648. The van der Waals surface area contributed by atoms with Crippen LogP contribution in [-0.4, -0.2) is 38.8 Å². The fourth-order valence-corrected chi connectivity index (χ4v) is 2.29. The maximum Gasteiger partial charge on any atom is 0.224 e. The van der Waals surface area contributed by atoms with Crippen LogP contribution in [0, 0.1) is 0 Å². The van der Waals surface area contributed by atoms with Crippen LogP contribution in [0.1, 0.15) is 12.8 Å². The Balaban J connectivity index is 1.65. The number of amides is 1. The molecule has 19 heavy (non-hydrogen) atoms. The van der Waals surface area contributed by atoms with Crippen LogP contribution < -0.4 is 10.2 Å². The summed E-state index contributed by atoms with van der Waals surface area (Å²) in [5.41, 5.74) is 0.799. The molecule has 2 N–H and O–H groups in total. The number of nitrogens with one attached hydrogen (secondary N) is 2. The summed E-state index contributed by atoms with van der Waals surface area (Å²) in [6.45, 7) is 4.83. The Bertz CT molecular complexity index is 402. The largest absolute Gasteiger partial charge is 0.370 e. The average molecular weight is 284 g/mol. The minimum Gasteiger partial charge on any atom is -0.370 e. The summed E-state index contributed by atoms with van der Waals surface area (Å²) in [5, 5.41) is 3.55. The Morgan fingerprint density at radius 2 is 1.95 bits per heavy atom. The smallest absolute Gasteiger partial charge is 0.224 e. The summed E-state index contributed by atoms with van der Waals surface area (Å²) in [6.07, 6.45) is 1.47. The molecule has 0 aliphatic carbocycles. The van der Waals surface area contributed by atoms with Gasteiger partial charge >= 0.3 is 0 Å². The van der Waals surface area contributed by atoms with Crippen molar-refractivity contribution in [3.8, 4) is 0 Å². The van der Waals surface area contributed by atoms with Gasteiger partial charge in [0.1, 0.15) is 13.1 Å². The lowest BCUT2D eigenvalue weighted by Gasteiger charge is -2.23. The van der Waals surface area contributed by atoms with Crippen molar-refractivity contribution in [2.75, 3.05) is 38.2 Å². The van der Waals surface area contributed by atoms with Gasteiger partial charge in [0.25, 0.3) is 0 Å². The van der Waals surface area contributed by atoms with E-state index >= 15 is 0 Å². The van der Waals surface area contributed by atoms with E-state index < -0.39 is 0 Å². The molecule has 0 aromatic heterocycles. The quantitative estimate of drug-likeness (QED) is 0.846. The van der Waals surface area contributed by atoms with Gasteiger partial charge < -0.3 is 15.0 Å². The molecule has 0 spiro atoms. The monoisotopic (exact) mass is 283 g/mol. The van der Waals surface area contributed by atoms with E-state index in [0.29, 0.717) is 11.4 Å². The zero-order valence-corrected chi connectivity index (χ0v) is 11.7. The summed E-state index contributed by atoms with van der Waals surface area (Å²) in [6, 6.07) is 7.17. The third-order valence-corrected chi connectivity index (χ3v) is 3.51. The number of morpholine rings is 1. The number of anilines is 1. The zero-order valence-electron chi connectivity index (χ0n) is 11.0. The number of hydrogen-bond acceptors (Lipinski definition) is 2. The number of hydrogen-bond donors (Lipinski definition) is 2. The van der Waals surface area contributed by atoms with Gasteiger partial charge in [-0.1, -0.05) is 11.6 Å². The normalized spacial score (nSPS) is 16.3. The Hall–Kier alpha value is -1.10. The molecule has 1 aliphatic heterocycles. The maximum absolute atomic E-state index is 11.8. The number of quaternary nitrogens is 1. The van der Waals surface area contributed by atoms with Crippen molar-refractivity contribution in [2.24, 2.45) is 0 Å². The van der Waals surface area contributed by atoms with E-state index in [1.165, 1.54) is 4.90 Å².